The second-order valence-electron chi connectivity index (χ2n) is 2.57. The van der Waals surface area contributed by atoms with Crippen LogP contribution in [0.1, 0.15) is 20.8 Å². The van der Waals surface area contributed by atoms with Crippen LogP contribution in [-0.2, 0) is 0 Å². The van der Waals surface area contributed by atoms with Gasteiger partial charge >= 0.3 is 0 Å². The average molecular weight is 152 g/mol. The molecule has 1 unspecified atom stereocenters. The predicted molar refractivity (Wildman–Crippen MR) is 49.9 cm³/mol. The van der Waals surface area contributed by atoms with Crippen molar-refractivity contribution in [2.24, 2.45) is 5.73 Å². The maximum Gasteiger partial charge on any atom is 0.0283 e. The van der Waals surface area contributed by atoms with Gasteiger partial charge in [0.1, 0.15) is 0 Å². The molecule has 62 valence electrons. The van der Waals surface area contributed by atoms with Gasteiger partial charge in [0.2, 0.25) is 0 Å². The van der Waals surface area contributed by atoms with Crippen LogP contribution >= 0.6 is 0 Å². The zero-order chi connectivity index (χ0) is 8.85. The van der Waals surface area contributed by atoms with Crippen molar-refractivity contribution in [3.8, 4) is 0 Å². The largest absolute Gasteiger partial charge is 0.324 e. The van der Waals surface area contributed by atoms with Gasteiger partial charge in [-0.25, -0.2) is 0 Å². The average Bonchev–Trinajstić information content (AvgIpc) is 1.88. The molecule has 11 heavy (non-hydrogen) atoms. The number of nitrogens with two attached hydrogens (primary N) is 1. The molecule has 0 rings (SSSR count). The molecular formula is C9H16N2. The van der Waals surface area contributed by atoms with Crippen molar-refractivity contribution in [1.29, 1.82) is 5.41 Å². The molecule has 0 radical (unpaired) electrons. The fourth-order valence-corrected chi connectivity index (χ4v) is 0.951. The van der Waals surface area contributed by atoms with Gasteiger partial charge in [-0.05, 0) is 31.9 Å². The third-order valence-corrected chi connectivity index (χ3v) is 1.52. The van der Waals surface area contributed by atoms with Crippen LogP contribution in [0, 0.1) is 5.41 Å². The van der Waals surface area contributed by atoms with Crippen molar-refractivity contribution >= 4 is 6.21 Å². The fourth-order valence-electron chi connectivity index (χ4n) is 0.951. The van der Waals surface area contributed by atoms with E-state index >= 15 is 0 Å². The molecule has 3 N–H and O–H groups in total. The van der Waals surface area contributed by atoms with Crippen LogP contribution in [0.3, 0.4) is 0 Å². The highest BCUT2D eigenvalue weighted by atomic mass is 14.6. The molecule has 0 heterocycles. The summed E-state index contributed by atoms with van der Waals surface area (Å²) < 4.78 is 0. The van der Waals surface area contributed by atoms with Gasteiger partial charge in [0.25, 0.3) is 0 Å². The number of rotatable bonds is 3. The fraction of sp³-hybridized carbons (Fsp3) is 0.444. The summed E-state index contributed by atoms with van der Waals surface area (Å²) in [7, 11) is 0. The van der Waals surface area contributed by atoms with Gasteiger partial charge in [0, 0.05) is 12.3 Å². The van der Waals surface area contributed by atoms with E-state index in [9.17, 15) is 0 Å². The van der Waals surface area contributed by atoms with E-state index in [1.54, 1.807) is 0 Å². The Bertz CT molecular complexity index is 188. The molecule has 0 fully saturated rings. The molecule has 0 spiro atoms. The van der Waals surface area contributed by atoms with E-state index in [0.29, 0.717) is 0 Å². The lowest BCUT2D eigenvalue weighted by Crippen LogP contribution is -2.19. The first kappa shape index (κ1) is 10.1. The molecular weight excluding hydrogens is 136 g/mol. The van der Waals surface area contributed by atoms with Gasteiger partial charge in [0.15, 0.2) is 0 Å². The van der Waals surface area contributed by atoms with E-state index in [0.717, 1.165) is 11.1 Å². The van der Waals surface area contributed by atoms with Gasteiger partial charge in [-0.1, -0.05) is 12.2 Å². The minimum Gasteiger partial charge on any atom is -0.324 e. The maximum atomic E-state index is 7.10. The summed E-state index contributed by atoms with van der Waals surface area (Å²) >= 11 is 0. The minimum atomic E-state index is -0.0521. The lowest BCUT2D eigenvalue weighted by atomic mass is 10.0. The minimum absolute atomic E-state index is 0.0521. The highest BCUT2D eigenvalue weighted by Gasteiger charge is 2.01. The van der Waals surface area contributed by atoms with Gasteiger partial charge in [0.05, 0.1) is 0 Å². The lowest BCUT2D eigenvalue weighted by molar-refractivity contribution is 0.890. The number of nitrogens with one attached hydrogen (secondary N) is 1. The molecule has 0 aromatic carbocycles. The van der Waals surface area contributed by atoms with Crippen molar-refractivity contribution in [2.45, 2.75) is 26.8 Å². The Hall–Kier alpha value is -0.890. The third-order valence-electron chi connectivity index (χ3n) is 1.52. The first-order chi connectivity index (χ1) is 5.13. The number of allylic oxidation sites excluding steroid dienone is 3. The Morgan fingerprint density at radius 2 is 2.09 bits per heavy atom. The molecule has 0 aliphatic heterocycles. The highest BCUT2D eigenvalue weighted by molar-refractivity contribution is 5.79. The molecule has 0 aliphatic carbocycles. The van der Waals surface area contributed by atoms with Crippen LogP contribution in [0.5, 0.6) is 0 Å². The van der Waals surface area contributed by atoms with Gasteiger partial charge in [-0.2, -0.15) is 0 Å². The van der Waals surface area contributed by atoms with Crippen LogP contribution in [0.2, 0.25) is 0 Å². The lowest BCUT2D eigenvalue weighted by Gasteiger charge is -2.07. The monoisotopic (exact) mass is 152 g/mol. The van der Waals surface area contributed by atoms with E-state index < -0.39 is 0 Å². The number of hydrogen-bond donors (Lipinski definition) is 2. The zero-order valence-corrected chi connectivity index (χ0v) is 7.39. The maximum absolute atomic E-state index is 7.10. The Morgan fingerprint density at radius 1 is 1.55 bits per heavy atom. The predicted octanol–water partition coefficient (Wildman–Crippen LogP) is 1.88. The molecule has 0 saturated heterocycles. The SMILES string of the molecule is C/C=C\C(C)=C(\C=N)C(C)N. The standard InChI is InChI=1S/C9H16N2/c1-4-5-7(2)9(6-10)8(3)11/h4-6,8,10H,11H2,1-3H3/b5-4-,9-7-,10-6?. The molecule has 0 bridgehead atoms. The summed E-state index contributed by atoms with van der Waals surface area (Å²) in [4.78, 5) is 0. The van der Waals surface area contributed by atoms with E-state index in [2.05, 4.69) is 0 Å². The highest BCUT2D eigenvalue weighted by Crippen LogP contribution is 2.05. The molecule has 0 aromatic heterocycles. The van der Waals surface area contributed by atoms with E-state index in [1.165, 1.54) is 6.21 Å². The summed E-state index contributed by atoms with van der Waals surface area (Å²) in [5, 5.41) is 7.10. The molecule has 2 heteroatoms. The summed E-state index contributed by atoms with van der Waals surface area (Å²) in [5.74, 6) is 0. The van der Waals surface area contributed by atoms with Gasteiger partial charge in [-0.15, -0.1) is 0 Å². The molecule has 0 saturated carbocycles. The van der Waals surface area contributed by atoms with Crippen molar-refractivity contribution in [3.05, 3.63) is 23.3 Å². The van der Waals surface area contributed by atoms with Gasteiger partial charge in [-0.3, -0.25) is 0 Å². The van der Waals surface area contributed by atoms with Crippen LogP contribution in [0.25, 0.3) is 0 Å². The summed E-state index contributed by atoms with van der Waals surface area (Å²) in [5.41, 5.74) is 7.59. The van der Waals surface area contributed by atoms with Gasteiger partial charge < -0.3 is 11.1 Å². The summed E-state index contributed by atoms with van der Waals surface area (Å²) in [6.45, 7) is 5.79. The molecule has 0 amide bonds. The number of hydrogen-bond acceptors (Lipinski definition) is 2. The first-order valence-corrected chi connectivity index (χ1v) is 3.73. The van der Waals surface area contributed by atoms with E-state index in [1.807, 2.05) is 32.9 Å². The third kappa shape index (κ3) is 3.14. The van der Waals surface area contributed by atoms with E-state index in [4.69, 9.17) is 11.1 Å². The smallest absolute Gasteiger partial charge is 0.0283 e. The molecule has 1 atom stereocenters. The van der Waals surface area contributed by atoms with Crippen LogP contribution in [0.4, 0.5) is 0 Å². The summed E-state index contributed by atoms with van der Waals surface area (Å²) in [6, 6.07) is -0.0521. The Kier molecular flexibility index (Phi) is 4.46. The molecule has 0 aromatic rings. The summed E-state index contributed by atoms with van der Waals surface area (Å²) in [6.07, 6.45) is 5.23. The van der Waals surface area contributed by atoms with Crippen molar-refractivity contribution in [1.82, 2.24) is 0 Å². The normalized spacial score (nSPS) is 16.4. The van der Waals surface area contributed by atoms with Crippen LogP contribution in [-0.4, -0.2) is 12.3 Å². The second-order valence-corrected chi connectivity index (χ2v) is 2.57. The Balaban J connectivity index is 4.67. The zero-order valence-electron chi connectivity index (χ0n) is 7.39. The quantitative estimate of drug-likeness (QED) is 0.471. The Morgan fingerprint density at radius 3 is 2.36 bits per heavy atom. The first-order valence-electron chi connectivity index (χ1n) is 3.73. The topological polar surface area (TPSA) is 49.9 Å². The Labute approximate surface area is 68.3 Å². The second kappa shape index (κ2) is 4.85. The van der Waals surface area contributed by atoms with Crippen molar-refractivity contribution in [3.63, 3.8) is 0 Å². The van der Waals surface area contributed by atoms with Crippen LogP contribution < -0.4 is 5.73 Å². The molecule has 2 nitrogen and oxygen atoms in total. The van der Waals surface area contributed by atoms with Crippen LogP contribution in [0.15, 0.2) is 23.3 Å². The molecule has 0 aliphatic rings. The van der Waals surface area contributed by atoms with Crippen molar-refractivity contribution in [2.75, 3.05) is 0 Å². The van der Waals surface area contributed by atoms with Crippen molar-refractivity contribution < 1.29 is 0 Å². The van der Waals surface area contributed by atoms with E-state index in [-0.39, 0.29) is 6.04 Å².